The number of carbonyl (C=O) groups is 1. The highest BCUT2D eigenvalue weighted by Gasteiger charge is 2.18. The van der Waals surface area contributed by atoms with Crippen molar-refractivity contribution in [3.8, 4) is 5.75 Å². The second-order valence-corrected chi connectivity index (χ2v) is 6.94. The second kappa shape index (κ2) is 6.64. The summed E-state index contributed by atoms with van der Waals surface area (Å²) in [6.07, 6.45) is 4.25. The minimum atomic E-state index is -3.81. The van der Waals surface area contributed by atoms with E-state index in [9.17, 15) is 13.2 Å². The number of nitrogens with one attached hydrogen (secondary N) is 1. The number of amides is 1. The van der Waals surface area contributed by atoms with E-state index in [1.165, 1.54) is 18.2 Å². The van der Waals surface area contributed by atoms with Crippen molar-refractivity contribution in [2.45, 2.75) is 36.6 Å². The summed E-state index contributed by atoms with van der Waals surface area (Å²) >= 11 is 5.91. The van der Waals surface area contributed by atoms with Gasteiger partial charge >= 0.3 is 0 Å². The third kappa shape index (κ3) is 4.59. The maximum Gasteiger partial charge on any atom is 0.258 e. The van der Waals surface area contributed by atoms with Gasteiger partial charge in [-0.15, -0.1) is 0 Å². The average Bonchev–Trinajstić information content (AvgIpc) is 2.89. The van der Waals surface area contributed by atoms with E-state index in [1.54, 1.807) is 0 Å². The molecule has 0 aromatic heterocycles. The first kappa shape index (κ1) is 16.1. The molecule has 1 fully saturated rings. The Balaban J connectivity index is 1.92. The van der Waals surface area contributed by atoms with E-state index in [0.717, 1.165) is 25.7 Å². The van der Waals surface area contributed by atoms with Gasteiger partial charge in [0.25, 0.3) is 5.91 Å². The number of benzene rings is 1. The Morgan fingerprint density at radius 1 is 1.38 bits per heavy atom. The number of sulfonamides is 1. The van der Waals surface area contributed by atoms with Gasteiger partial charge in [-0.25, -0.2) is 13.6 Å². The minimum Gasteiger partial charge on any atom is -0.482 e. The van der Waals surface area contributed by atoms with Crippen LogP contribution in [0.3, 0.4) is 0 Å². The number of rotatable bonds is 5. The molecule has 0 bridgehead atoms. The van der Waals surface area contributed by atoms with E-state index in [0.29, 0.717) is 0 Å². The van der Waals surface area contributed by atoms with Gasteiger partial charge in [0.1, 0.15) is 5.75 Å². The first-order chi connectivity index (χ1) is 9.86. The van der Waals surface area contributed by atoms with Crippen molar-refractivity contribution >= 4 is 27.5 Å². The van der Waals surface area contributed by atoms with Crippen molar-refractivity contribution in [3.63, 3.8) is 0 Å². The molecule has 116 valence electrons. The van der Waals surface area contributed by atoms with Crippen LogP contribution in [-0.2, 0) is 14.8 Å². The van der Waals surface area contributed by atoms with Gasteiger partial charge < -0.3 is 10.1 Å². The van der Waals surface area contributed by atoms with E-state index in [1.807, 2.05) is 0 Å². The maximum atomic E-state index is 11.7. The Labute approximate surface area is 128 Å². The van der Waals surface area contributed by atoms with Crippen molar-refractivity contribution in [1.82, 2.24) is 5.32 Å². The smallest absolute Gasteiger partial charge is 0.258 e. The zero-order chi connectivity index (χ0) is 15.5. The fourth-order valence-electron chi connectivity index (χ4n) is 2.26. The van der Waals surface area contributed by atoms with Gasteiger partial charge in [-0.05, 0) is 31.0 Å². The standard InChI is InChI=1S/C13H17ClN2O4S/c14-11-7-10(21(15,18)19)5-6-12(11)20-8-13(17)16-9-3-1-2-4-9/h5-7,9H,1-4,8H2,(H,16,17)(H2,15,18,19). The van der Waals surface area contributed by atoms with Gasteiger partial charge in [0.2, 0.25) is 10.0 Å². The van der Waals surface area contributed by atoms with Crippen LogP contribution in [0.1, 0.15) is 25.7 Å². The van der Waals surface area contributed by atoms with E-state index >= 15 is 0 Å². The molecular weight excluding hydrogens is 316 g/mol. The summed E-state index contributed by atoms with van der Waals surface area (Å²) in [6.45, 7) is -0.162. The fourth-order valence-corrected chi connectivity index (χ4v) is 3.10. The van der Waals surface area contributed by atoms with Crippen LogP contribution in [0.5, 0.6) is 5.75 Å². The first-order valence-electron chi connectivity index (χ1n) is 6.61. The van der Waals surface area contributed by atoms with Gasteiger partial charge in [-0.2, -0.15) is 0 Å². The lowest BCUT2D eigenvalue weighted by molar-refractivity contribution is -0.123. The van der Waals surface area contributed by atoms with Crippen LogP contribution in [0.4, 0.5) is 0 Å². The highest BCUT2D eigenvalue weighted by atomic mass is 35.5. The molecule has 1 aliphatic rings. The molecule has 21 heavy (non-hydrogen) atoms. The van der Waals surface area contributed by atoms with Crippen molar-refractivity contribution < 1.29 is 17.9 Å². The molecule has 0 spiro atoms. The Morgan fingerprint density at radius 3 is 2.62 bits per heavy atom. The summed E-state index contributed by atoms with van der Waals surface area (Å²) in [6, 6.07) is 4.08. The summed E-state index contributed by atoms with van der Waals surface area (Å²) in [5.74, 6) is 0.0270. The monoisotopic (exact) mass is 332 g/mol. The van der Waals surface area contributed by atoms with Gasteiger partial charge in [0.05, 0.1) is 9.92 Å². The molecule has 2 rings (SSSR count). The molecular formula is C13H17ClN2O4S. The second-order valence-electron chi connectivity index (χ2n) is 4.97. The van der Waals surface area contributed by atoms with Crippen LogP contribution >= 0.6 is 11.6 Å². The Hall–Kier alpha value is -1.31. The summed E-state index contributed by atoms with van der Waals surface area (Å²) in [5, 5.41) is 7.97. The van der Waals surface area contributed by atoms with Crippen molar-refractivity contribution in [2.75, 3.05) is 6.61 Å². The topological polar surface area (TPSA) is 98.5 Å². The third-order valence-corrected chi connectivity index (χ3v) is 4.52. The molecule has 1 aromatic carbocycles. The molecule has 1 aromatic rings. The van der Waals surface area contributed by atoms with E-state index in [-0.39, 0.29) is 34.2 Å². The van der Waals surface area contributed by atoms with Crippen LogP contribution in [0.15, 0.2) is 23.1 Å². The molecule has 8 heteroatoms. The lowest BCUT2D eigenvalue weighted by Crippen LogP contribution is -2.36. The molecule has 0 unspecified atom stereocenters. The lowest BCUT2D eigenvalue weighted by atomic mass is 10.2. The van der Waals surface area contributed by atoms with E-state index in [4.69, 9.17) is 21.5 Å². The number of primary sulfonamides is 1. The quantitative estimate of drug-likeness (QED) is 0.852. The van der Waals surface area contributed by atoms with Crippen molar-refractivity contribution in [1.29, 1.82) is 0 Å². The van der Waals surface area contributed by atoms with Gasteiger partial charge in [-0.1, -0.05) is 24.4 Å². The third-order valence-electron chi connectivity index (χ3n) is 3.31. The van der Waals surface area contributed by atoms with Crippen LogP contribution in [-0.4, -0.2) is 27.0 Å². The molecule has 0 saturated heterocycles. The van der Waals surface area contributed by atoms with Crippen molar-refractivity contribution in [2.24, 2.45) is 5.14 Å². The Kier molecular flexibility index (Phi) is 5.08. The van der Waals surface area contributed by atoms with Gasteiger partial charge in [0.15, 0.2) is 6.61 Å². The molecule has 0 atom stereocenters. The van der Waals surface area contributed by atoms with Crippen LogP contribution in [0.2, 0.25) is 5.02 Å². The number of carbonyl (C=O) groups excluding carboxylic acids is 1. The summed E-state index contributed by atoms with van der Waals surface area (Å²) < 4.78 is 27.6. The SMILES string of the molecule is NS(=O)(=O)c1ccc(OCC(=O)NC2CCCC2)c(Cl)c1. The summed E-state index contributed by atoms with van der Waals surface area (Å²) in [7, 11) is -3.81. The zero-order valence-corrected chi connectivity index (χ0v) is 12.9. The number of ether oxygens (including phenoxy) is 1. The predicted octanol–water partition coefficient (Wildman–Crippen LogP) is 1.42. The zero-order valence-electron chi connectivity index (χ0n) is 11.3. The number of hydrogen-bond donors (Lipinski definition) is 2. The van der Waals surface area contributed by atoms with Gasteiger partial charge in [0, 0.05) is 6.04 Å². The van der Waals surface area contributed by atoms with E-state index < -0.39 is 10.0 Å². The number of nitrogens with two attached hydrogens (primary N) is 1. The van der Waals surface area contributed by atoms with Crippen LogP contribution in [0.25, 0.3) is 0 Å². The van der Waals surface area contributed by atoms with Gasteiger partial charge in [-0.3, -0.25) is 4.79 Å². The number of hydrogen-bond acceptors (Lipinski definition) is 4. The molecule has 0 radical (unpaired) electrons. The summed E-state index contributed by atoms with van der Waals surface area (Å²) in [4.78, 5) is 11.6. The maximum absolute atomic E-state index is 11.7. The first-order valence-corrected chi connectivity index (χ1v) is 8.53. The highest BCUT2D eigenvalue weighted by Crippen LogP contribution is 2.26. The molecule has 0 aliphatic heterocycles. The molecule has 1 amide bonds. The Morgan fingerprint density at radius 2 is 2.05 bits per heavy atom. The molecule has 6 nitrogen and oxygen atoms in total. The fraction of sp³-hybridized carbons (Fsp3) is 0.462. The van der Waals surface area contributed by atoms with Crippen LogP contribution in [0, 0.1) is 0 Å². The molecule has 1 aliphatic carbocycles. The summed E-state index contributed by atoms with van der Waals surface area (Å²) in [5.41, 5.74) is 0. The Bertz CT molecular complexity index is 627. The van der Waals surface area contributed by atoms with Crippen molar-refractivity contribution in [3.05, 3.63) is 23.2 Å². The highest BCUT2D eigenvalue weighted by molar-refractivity contribution is 7.89. The molecule has 1 saturated carbocycles. The normalized spacial score (nSPS) is 15.9. The molecule has 3 N–H and O–H groups in total. The predicted molar refractivity (Wildman–Crippen MR) is 78.7 cm³/mol. The number of halogens is 1. The largest absolute Gasteiger partial charge is 0.482 e. The van der Waals surface area contributed by atoms with Crippen LogP contribution < -0.4 is 15.2 Å². The average molecular weight is 333 g/mol. The van der Waals surface area contributed by atoms with E-state index in [2.05, 4.69) is 5.32 Å². The molecule has 0 heterocycles. The minimum absolute atomic E-state index is 0.0928. The lowest BCUT2D eigenvalue weighted by Gasteiger charge is -2.13.